The van der Waals surface area contributed by atoms with Gasteiger partial charge in [0.05, 0.1) is 11.2 Å². The van der Waals surface area contributed by atoms with Gasteiger partial charge in [-0.3, -0.25) is 0 Å². The molecule has 3 heterocycles. The Bertz CT molecular complexity index is 3000. The van der Waals surface area contributed by atoms with Crippen molar-refractivity contribution in [2.24, 2.45) is 0 Å². The van der Waals surface area contributed by atoms with E-state index >= 15 is 0 Å². The van der Waals surface area contributed by atoms with Gasteiger partial charge in [-0.05, 0) is 106 Å². The van der Waals surface area contributed by atoms with Crippen LogP contribution in [0.1, 0.15) is 0 Å². The SMILES string of the molecule is c1ccc2nc(-c3ccc(N(c4ccc5cc6sc7ccccc7c6cc5c4)c4ccc5cc6sc7ccccc7c6cc5c4)cc3)ccc2c1. The van der Waals surface area contributed by atoms with Crippen molar-refractivity contribution in [3.05, 3.63) is 170 Å². The molecule has 8 aromatic carbocycles. The van der Waals surface area contributed by atoms with Crippen molar-refractivity contribution in [2.75, 3.05) is 4.90 Å². The minimum Gasteiger partial charge on any atom is -0.310 e. The molecule has 0 spiro atoms. The minimum absolute atomic E-state index is 0.974. The van der Waals surface area contributed by atoms with Crippen molar-refractivity contribution in [1.29, 1.82) is 0 Å². The highest BCUT2D eigenvalue weighted by Crippen LogP contribution is 2.42. The van der Waals surface area contributed by atoms with Crippen LogP contribution in [0.15, 0.2) is 170 Å². The number of fused-ring (bicyclic) bond motifs is 9. The molecule has 0 aliphatic rings. The summed E-state index contributed by atoms with van der Waals surface area (Å²) in [7, 11) is 0. The maximum absolute atomic E-state index is 4.98. The zero-order chi connectivity index (χ0) is 33.5. The molecule has 11 rings (SSSR count). The van der Waals surface area contributed by atoms with Gasteiger partial charge in [0.15, 0.2) is 0 Å². The number of benzene rings is 8. The lowest BCUT2D eigenvalue weighted by atomic mass is 10.0. The maximum Gasteiger partial charge on any atom is 0.0709 e. The first-order chi connectivity index (χ1) is 25.2. The van der Waals surface area contributed by atoms with Gasteiger partial charge in [-0.25, -0.2) is 4.98 Å². The first-order valence-electron chi connectivity index (χ1n) is 17.2. The van der Waals surface area contributed by atoms with E-state index < -0.39 is 0 Å². The first-order valence-corrected chi connectivity index (χ1v) is 18.8. The van der Waals surface area contributed by atoms with E-state index in [1.54, 1.807) is 0 Å². The predicted molar refractivity (Wildman–Crippen MR) is 223 cm³/mol. The van der Waals surface area contributed by atoms with Gasteiger partial charge in [0.25, 0.3) is 0 Å². The third-order valence-electron chi connectivity index (χ3n) is 10.2. The Hall–Kier alpha value is -6.07. The Kier molecular flexibility index (Phi) is 6.32. The number of rotatable bonds is 4. The monoisotopic (exact) mass is 684 g/mol. The molecule has 0 saturated carbocycles. The zero-order valence-electron chi connectivity index (χ0n) is 27.4. The standard InChI is InChI=1S/C47H28N2S2/c1-4-10-42-29(7-1)17-22-43(48-42)30-13-18-35(19-14-30)49(36-20-15-31-27-46-40(25-33(31)23-36)38-8-2-5-11-44(38)50-46)37-21-16-32-28-47-41(26-34(32)24-37)39-9-3-6-12-45(39)51-47/h1-28H. The summed E-state index contributed by atoms with van der Waals surface area (Å²) in [6.45, 7) is 0. The van der Waals surface area contributed by atoms with Crippen molar-refractivity contribution >= 4 is 113 Å². The van der Waals surface area contributed by atoms with Crippen molar-refractivity contribution in [3.8, 4) is 11.3 Å². The number of para-hydroxylation sites is 1. The number of hydrogen-bond acceptors (Lipinski definition) is 4. The van der Waals surface area contributed by atoms with Crippen molar-refractivity contribution in [3.63, 3.8) is 0 Å². The fourth-order valence-electron chi connectivity index (χ4n) is 7.64. The van der Waals surface area contributed by atoms with E-state index in [-0.39, 0.29) is 0 Å². The molecule has 0 unspecified atom stereocenters. The van der Waals surface area contributed by atoms with Crippen molar-refractivity contribution in [1.82, 2.24) is 4.98 Å². The summed E-state index contributed by atoms with van der Waals surface area (Å²) in [5.74, 6) is 0. The molecule has 51 heavy (non-hydrogen) atoms. The number of thiophene rings is 2. The summed E-state index contributed by atoms with van der Waals surface area (Å²) in [5.41, 5.74) is 6.43. The van der Waals surface area contributed by atoms with E-state index in [9.17, 15) is 0 Å². The Morgan fingerprint density at radius 3 is 1.51 bits per heavy atom. The Morgan fingerprint density at radius 1 is 0.353 bits per heavy atom. The number of nitrogens with zero attached hydrogens (tertiary/aromatic N) is 2. The fraction of sp³-hybridized carbons (Fsp3) is 0. The van der Waals surface area contributed by atoms with Crippen LogP contribution in [0.25, 0.3) is 84.0 Å². The summed E-state index contributed by atoms with van der Waals surface area (Å²) in [6, 6.07) is 62.1. The van der Waals surface area contributed by atoms with Gasteiger partial charge in [0, 0.05) is 68.4 Å². The average Bonchev–Trinajstić information content (AvgIpc) is 3.73. The van der Waals surface area contributed by atoms with Crippen LogP contribution >= 0.6 is 22.7 Å². The number of aromatic nitrogens is 1. The Labute approximate surface area is 302 Å². The molecule has 4 heteroatoms. The summed E-state index contributed by atoms with van der Waals surface area (Å²) < 4.78 is 5.31. The van der Waals surface area contributed by atoms with E-state index in [0.717, 1.165) is 39.2 Å². The quantitative estimate of drug-likeness (QED) is 0.183. The number of pyridine rings is 1. The molecular formula is C47H28N2S2. The van der Waals surface area contributed by atoms with E-state index in [2.05, 4.69) is 169 Å². The van der Waals surface area contributed by atoms with Crippen LogP contribution in [-0.2, 0) is 0 Å². The van der Waals surface area contributed by atoms with Crippen LogP contribution in [-0.4, -0.2) is 4.98 Å². The maximum atomic E-state index is 4.98. The molecule has 0 aliphatic heterocycles. The number of anilines is 3. The topological polar surface area (TPSA) is 16.1 Å². The fourth-order valence-corrected chi connectivity index (χ4v) is 9.92. The van der Waals surface area contributed by atoms with Gasteiger partial charge in [-0.15, -0.1) is 22.7 Å². The minimum atomic E-state index is 0.974. The molecule has 11 aromatic rings. The normalized spacial score (nSPS) is 11.9. The van der Waals surface area contributed by atoms with Crippen LogP contribution < -0.4 is 4.90 Å². The summed E-state index contributed by atoms with van der Waals surface area (Å²) in [4.78, 5) is 7.37. The summed E-state index contributed by atoms with van der Waals surface area (Å²) in [6.07, 6.45) is 0. The third kappa shape index (κ3) is 4.72. The lowest BCUT2D eigenvalue weighted by Crippen LogP contribution is -2.10. The molecule has 238 valence electrons. The predicted octanol–water partition coefficient (Wildman–Crippen LogP) is 14.4. The van der Waals surface area contributed by atoms with Crippen LogP contribution in [0.4, 0.5) is 17.1 Å². The van der Waals surface area contributed by atoms with Gasteiger partial charge in [0.2, 0.25) is 0 Å². The van der Waals surface area contributed by atoms with E-state index in [1.807, 2.05) is 28.7 Å². The highest BCUT2D eigenvalue weighted by molar-refractivity contribution is 7.26. The lowest BCUT2D eigenvalue weighted by Gasteiger charge is -2.26. The largest absolute Gasteiger partial charge is 0.310 e. The molecule has 0 bridgehead atoms. The summed E-state index contributed by atoms with van der Waals surface area (Å²) in [5, 5.41) is 11.4. The molecule has 0 N–H and O–H groups in total. The molecule has 3 aromatic heterocycles. The average molecular weight is 685 g/mol. The van der Waals surface area contributed by atoms with Crippen LogP contribution in [0.2, 0.25) is 0 Å². The summed E-state index contributed by atoms with van der Waals surface area (Å²) >= 11 is 3.74. The number of hydrogen-bond donors (Lipinski definition) is 0. The zero-order valence-corrected chi connectivity index (χ0v) is 29.0. The highest BCUT2D eigenvalue weighted by Gasteiger charge is 2.16. The molecule has 0 radical (unpaired) electrons. The Balaban J connectivity index is 1.08. The highest BCUT2D eigenvalue weighted by atomic mass is 32.1. The van der Waals surface area contributed by atoms with Crippen molar-refractivity contribution < 1.29 is 0 Å². The van der Waals surface area contributed by atoms with Crippen LogP contribution in [0, 0.1) is 0 Å². The third-order valence-corrected chi connectivity index (χ3v) is 12.4. The van der Waals surface area contributed by atoms with Gasteiger partial charge in [-0.1, -0.05) is 84.9 Å². The second-order valence-corrected chi connectivity index (χ2v) is 15.4. The first kappa shape index (κ1) is 28.7. The van der Waals surface area contributed by atoms with E-state index in [1.165, 1.54) is 61.9 Å². The smallest absolute Gasteiger partial charge is 0.0709 e. The molecule has 2 nitrogen and oxygen atoms in total. The molecule has 0 saturated heterocycles. The molecule has 0 fully saturated rings. The van der Waals surface area contributed by atoms with Gasteiger partial charge < -0.3 is 4.90 Å². The molecular weight excluding hydrogens is 657 g/mol. The second-order valence-electron chi connectivity index (χ2n) is 13.2. The van der Waals surface area contributed by atoms with E-state index in [4.69, 9.17) is 4.98 Å². The molecule has 0 amide bonds. The van der Waals surface area contributed by atoms with E-state index in [0.29, 0.717) is 0 Å². The van der Waals surface area contributed by atoms with Gasteiger partial charge in [0.1, 0.15) is 0 Å². The van der Waals surface area contributed by atoms with Crippen LogP contribution in [0.3, 0.4) is 0 Å². The van der Waals surface area contributed by atoms with Crippen LogP contribution in [0.5, 0.6) is 0 Å². The van der Waals surface area contributed by atoms with Crippen molar-refractivity contribution in [2.45, 2.75) is 0 Å². The second kappa shape index (κ2) is 11.2. The van der Waals surface area contributed by atoms with Gasteiger partial charge in [-0.2, -0.15) is 0 Å². The lowest BCUT2D eigenvalue weighted by molar-refractivity contribution is 1.29. The molecule has 0 atom stereocenters. The molecule has 0 aliphatic carbocycles. The Morgan fingerprint density at radius 2 is 0.882 bits per heavy atom. The van der Waals surface area contributed by atoms with Gasteiger partial charge >= 0.3 is 0 Å².